The molecule has 0 saturated heterocycles. The van der Waals surface area contributed by atoms with E-state index in [1.165, 1.54) is 24.8 Å². The zero-order chi connectivity index (χ0) is 14.7. The summed E-state index contributed by atoms with van der Waals surface area (Å²) < 4.78 is 27.1. The second kappa shape index (κ2) is 6.46. The molecule has 0 atom stereocenters. The van der Waals surface area contributed by atoms with E-state index in [9.17, 15) is 8.42 Å². The van der Waals surface area contributed by atoms with Crippen molar-refractivity contribution in [2.75, 3.05) is 13.1 Å². The summed E-state index contributed by atoms with van der Waals surface area (Å²) in [5, 5.41) is 3.46. The molecule has 0 bridgehead atoms. The van der Waals surface area contributed by atoms with E-state index in [0.717, 1.165) is 31.8 Å². The first-order valence-corrected chi connectivity index (χ1v) is 9.44. The standard InChI is InChI=1S/C16H24N2O2S/c19-21(20,18-12-14-2-1-3-14)16-8-4-13(5-9-16)10-11-17-15-6-7-15/h4-5,8-9,14-15,17-18H,1-3,6-7,10-12H2. The third kappa shape index (κ3) is 4.28. The van der Waals surface area contributed by atoms with Crippen LogP contribution in [0.5, 0.6) is 0 Å². The van der Waals surface area contributed by atoms with Crippen LogP contribution in [-0.2, 0) is 16.4 Å². The molecule has 2 aliphatic carbocycles. The smallest absolute Gasteiger partial charge is 0.240 e. The van der Waals surface area contributed by atoms with E-state index >= 15 is 0 Å². The van der Waals surface area contributed by atoms with Crippen molar-refractivity contribution < 1.29 is 8.42 Å². The second-order valence-corrected chi connectivity index (χ2v) is 8.04. The van der Waals surface area contributed by atoms with Crippen LogP contribution in [0.15, 0.2) is 29.2 Å². The Hall–Kier alpha value is -0.910. The fourth-order valence-corrected chi connectivity index (χ4v) is 3.67. The van der Waals surface area contributed by atoms with E-state index in [1.54, 1.807) is 12.1 Å². The topological polar surface area (TPSA) is 58.2 Å². The molecule has 1 aromatic carbocycles. The number of sulfonamides is 1. The quantitative estimate of drug-likeness (QED) is 0.773. The van der Waals surface area contributed by atoms with Crippen LogP contribution in [0, 0.1) is 5.92 Å². The van der Waals surface area contributed by atoms with Crippen LogP contribution >= 0.6 is 0 Å². The lowest BCUT2D eigenvalue weighted by Gasteiger charge is -2.25. The van der Waals surface area contributed by atoms with Crippen LogP contribution in [-0.4, -0.2) is 27.5 Å². The minimum atomic E-state index is -3.34. The molecule has 2 fully saturated rings. The average molecular weight is 308 g/mol. The highest BCUT2D eigenvalue weighted by molar-refractivity contribution is 7.89. The van der Waals surface area contributed by atoms with Crippen LogP contribution in [0.4, 0.5) is 0 Å². The molecule has 116 valence electrons. The molecule has 2 saturated carbocycles. The summed E-state index contributed by atoms with van der Waals surface area (Å²) >= 11 is 0. The summed E-state index contributed by atoms with van der Waals surface area (Å²) in [6.45, 7) is 1.55. The predicted molar refractivity (Wildman–Crippen MR) is 83.7 cm³/mol. The van der Waals surface area contributed by atoms with Crippen LogP contribution in [0.25, 0.3) is 0 Å². The van der Waals surface area contributed by atoms with Gasteiger partial charge in [-0.1, -0.05) is 18.6 Å². The molecule has 2 N–H and O–H groups in total. The van der Waals surface area contributed by atoms with Crippen LogP contribution in [0.3, 0.4) is 0 Å². The molecule has 5 heteroatoms. The van der Waals surface area contributed by atoms with Crippen molar-refractivity contribution in [1.82, 2.24) is 10.0 Å². The van der Waals surface area contributed by atoms with Gasteiger partial charge in [0, 0.05) is 12.6 Å². The fraction of sp³-hybridized carbons (Fsp3) is 0.625. The van der Waals surface area contributed by atoms with Crippen LogP contribution in [0.1, 0.15) is 37.7 Å². The van der Waals surface area contributed by atoms with Crippen molar-refractivity contribution in [2.24, 2.45) is 5.92 Å². The summed E-state index contributed by atoms with van der Waals surface area (Å²) in [5.74, 6) is 0.535. The molecule has 3 rings (SSSR count). The predicted octanol–water partition coefficient (Wildman–Crippen LogP) is 2.06. The Morgan fingerprint density at radius 3 is 2.33 bits per heavy atom. The Labute approximate surface area is 127 Å². The Balaban J connectivity index is 1.51. The molecule has 0 aliphatic heterocycles. The van der Waals surface area contributed by atoms with Crippen molar-refractivity contribution in [3.63, 3.8) is 0 Å². The van der Waals surface area contributed by atoms with Crippen LogP contribution in [0.2, 0.25) is 0 Å². The molecule has 4 nitrogen and oxygen atoms in total. The highest BCUT2D eigenvalue weighted by Crippen LogP contribution is 2.25. The van der Waals surface area contributed by atoms with Gasteiger partial charge in [0.1, 0.15) is 0 Å². The maximum atomic E-state index is 12.2. The van der Waals surface area contributed by atoms with Gasteiger partial charge in [-0.15, -0.1) is 0 Å². The van der Waals surface area contributed by atoms with Gasteiger partial charge in [0.25, 0.3) is 0 Å². The lowest BCUT2D eigenvalue weighted by molar-refractivity contribution is 0.316. The second-order valence-electron chi connectivity index (χ2n) is 6.27. The maximum absolute atomic E-state index is 12.2. The van der Waals surface area contributed by atoms with Crippen LogP contribution < -0.4 is 10.0 Å². The van der Waals surface area contributed by atoms with Crippen molar-refractivity contribution in [3.05, 3.63) is 29.8 Å². The van der Waals surface area contributed by atoms with Crippen molar-refractivity contribution in [2.45, 2.75) is 49.5 Å². The highest BCUT2D eigenvalue weighted by Gasteiger charge is 2.21. The lowest BCUT2D eigenvalue weighted by Crippen LogP contribution is -2.32. The van der Waals surface area contributed by atoms with Gasteiger partial charge >= 0.3 is 0 Å². The van der Waals surface area contributed by atoms with Gasteiger partial charge in [-0.25, -0.2) is 13.1 Å². The van der Waals surface area contributed by atoms with Crippen molar-refractivity contribution >= 4 is 10.0 Å². The van der Waals surface area contributed by atoms with E-state index in [1.807, 2.05) is 12.1 Å². The van der Waals surface area contributed by atoms with E-state index < -0.39 is 10.0 Å². The van der Waals surface area contributed by atoms with E-state index in [2.05, 4.69) is 10.0 Å². The van der Waals surface area contributed by atoms with E-state index in [-0.39, 0.29) is 0 Å². The molecular formula is C16H24N2O2S. The molecule has 0 unspecified atom stereocenters. The molecule has 0 spiro atoms. The molecule has 1 aromatic rings. The number of benzene rings is 1. The summed E-state index contributed by atoms with van der Waals surface area (Å²) in [6.07, 6.45) is 7.07. The first kappa shape index (κ1) is 15.0. The molecule has 0 radical (unpaired) electrons. The number of hydrogen-bond acceptors (Lipinski definition) is 3. The van der Waals surface area contributed by atoms with E-state index in [4.69, 9.17) is 0 Å². The first-order valence-electron chi connectivity index (χ1n) is 7.95. The normalized spacial score (nSPS) is 19.4. The Morgan fingerprint density at radius 2 is 1.76 bits per heavy atom. The zero-order valence-corrected chi connectivity index (χ0v) is 13.2. The van der Waals surface area contributed by atoms with Gasteiger partial charge in [-0.3, -0.25) is 0 Å². The average Bonchev–Trinajstić information content (AvgIpc) is 3.21. The molecule has 0 aromatic heterocycles. The van der Waals surface area contributed by atoms with Gasteiger partial charge in [-0.2, -0.15) is 0 Å². The molecular weight excluding hydrogens is 284 g/mol. The Kier molecular flexibility index (Phi) is 4.62. The lowest BCUT2D eigenvalue weighted by atomic mass is 9.86. The molecule has 2 aliphatic rings. The van der Waals surface area contributed by atoms with E-state index in [0.29, 0.717) is 17.4 Å². The summed E-state index contributed by atoms with van der Waals surface area (Å²) in [6, 6.07) is 8.00. The Morgan fingerprint density at radius 1 is 1.05 bits per heavy atom. The first-order chi connectivity index (χ1) is 10.1. The minimum Gasteiger partial charge on any atom is -0.314 e. The largest absolute Gasteiger partial charge is 0.314 e. The highest BCUT2D eigenvalue weighted by atomic mass is 32.2. The van der Waals surface area contributed by atoms with Gasteiger partial charge in [0.05, 0.1) is 4.90 Å². The zero-order valence-electron chi connectivity index (χ0n) is 12.3. The van der Waals surface area contributed by atoms with Gasteiger partial charge < -0.3 is 5.32 Å². The number of rotatable bonds is 8. The monoisotopic (exact) mass is 308 g/mol. The fourth-order valence-electron chi connectivity index (χ4n) is 2.55. The third-order valence-corrected chi connectivity index (χ3v) is 5.88. The summed E-state index contributed by atoms with van der Waals surface area (Å²) in [4.78, 5) is 0.376. The Bertz CT molecular complexity index is 560. The third-order valence-electron chi connectivity index (χ3n) is 4.44. The summed E-state index contributed by atoms with van der Waals surface area (Å²) in [7, 11) is -3.34. The van der Waals surface area contributed by atoms with Gasteiger partial charge in [0.15, 0.2) is 0 Å². The minimum absolute atomic E-state index is 0.376. The summed E-state index contributed by atoms with van der Waals surface area (Å²) in [5.41, 5.74) is 1.18. The molecule has 21 heavy (non-hydrogen) atoms. The molecule has 0 heterocycles. The molecule has 0 amide bonds. The number of nitrogens with one attached hydrogen (secondary N) is 2. The van der Waals surface area contributed by atoms with Crippen molar-refractivity contribution in [1.29, 1.82) is 0 Å². The van der Waals surface area contributed by atoms with Gasteiger partial charge in [0.2, 0.25) is 10.0 Å². The SMILES string of the molecule is O=S(=O)(NCC1CCC1)c1ccc(CCNC2CC2)cc1. The number of hydrogen-bond donors (Lipinski definition) is 2. The van der Waals surface area contributed by atoms with Crippen molar-refractivity contribution in [3.8, 4) is 0 Å². The van der Waals surface area contributed by atoms with Gasteiger partial charge in [-0.05, 0) is 62.3 Å². The maximum Gasteiger partial charge on any atom is 0.240 e.